The van der Waals surface area contributed by atoms with Gasteiger partial charge < -0.3 is 4.90 Å². The zero-order valence-corrected chi connectivity index (χ0v) is 13.0. The van der Waals surface area contributed by atoms with E-state index in [1.807, 2.05) is 0 Å². The number of sulfone groups is 1. The molecule has 0 radical (unpaired) electrons. The molecule has 0 bridgehead atoms. The molecule has 0 spiro atoms. The minimum Gasteiger partial charge on any atom is -0.343 e. The maximum Gasteiger partial charge on any atom is 0.273 e. The summed E-state index contributed by atoms with van der Waals surface area (Å²) < 4.78 is 45.0. The van der Waals surface area contributed by atoms with Gasteiger partial charge in [-0.15, -0.1) is 10.2 Å². The molecule has 20 heavy (non-hydrogen) atoms. The van der Waals surface area contributed by atoms with Crippen LogP contribution in [0.15, 0.2) is 17.2 Å². The molecule has 0 atom stereocenters. The number of amides is 1. The number of carbonyl (C=O) groups excluding carboxylic acids is 1. The lowest BCUT2D eigenvalue weighted by Crippen LogP contribution is -2.23. The van der Waals surface area contributed by atoms with E-state index < -0.39 is 41.3 Å². The van der Waals surface area contributed by atoms with Gasteiger partial charge in [-0.1, -0.05) is 0 Å². The largest absolute Gasteiger partial charge is 0.343 e. The molecule has 1 heterocycles. The normalized spacial score (nSPS) is 12.2. The first-order valence-electron chi connectivity index (χ1n) is 5.23. The van der Waals surface area contributed by atoms with E-state index in [1.165, 1.54) is 25.1 Å². The molecule has 0 saturated heterocycles. The molecule has 11 heteroatoms. The van der Waals surface area contributed by atoms with Crippen LogP contribution < -0.4 is 0 Å². The summed E-state index contributed by atoms with van der Waals surface area (Å²) in [5.74, 6) is -1.85. The number of hydrogen-bond donors (Lipinski definition) is 0. The van der Waals surface area contributed by atoms with Crippen LogP contribution in [-0.4, -0.2) is 63.4 Å². The standard InChI is InChI=1S/C9H12ClN3O5S2/c1-13(2)9(14)7-3-4-8(12-11-7)19(15,16)5-6-20(10,17)18/h3-4H,5-6H2,1-2H3. The monoisotopic (exact) mass is 341 g/mol. The maximum absolute atomic E-state index is 11.8. The van der Waals surface area contributed by atoms with Crippen molar-refractivity contribution in [3.8, 4) is 0 Å². The Bertz CT molecular complexity index is 698. The average molecular weight is 342 g/mol. The second-order valence-electron chi connectivity index (χ2n) is 4.02. The first kappa shape index (κ1) is 16.8. The minimum absolute atomic E-state index is 0.0149. The highest BCUT2D eigenvalue weighted by molar-refractivity contribution is 8.14. The first-order valence-corrected chi connectivity index (χ1v) is 9.36. The lowest BCUT2D eigenvalue weighted by molar-refractivity contribution is 0.0820. The van der Waals surface area contributed by atoms with Crippen LogP contribution in [0.5, 0.6) is 0 Å². The molecule has 0 aliphatic rings. The highest BCUT2D eigenvalue weighted by Crippen LogP contribution is 2.09. The molecular formula is C9H12ClN3O5S2. The van der Waals surface area contributed by atoms with Crippen molar-refractivity contribution in [1.82, 2.24) is 15.1 Å². The van der Waals surface area contributed by atoms with E-state index in [2.05, 4.69) is 10.2 Å². The topological polar surface area (TPSA) is 114 Å². The Morgan fingerprint density at radius 1 is 1.15 bits per heavy atom. The molecule has 0 unspecified atom stereocenters. The fourth-order valence-electron chi connectivity index (χ4n) is 1.14. The van der Waals surface area contributed by atoms with Gasteiger partial charge >= 0.3 is 0 Å². The van der Waals surface area contributed by atoms with Gasteiger partial charge in [-0.2, -0.15) is 0 Å². The zero-order chi connectivity index (χ0) is 15.6. The summed E-state index contributed by atoms with van der Waals surface area (Å²) >= 11 is 0. The van der Waals surface area contributed by atoms with Crippen LogP contribution in [0.25, 0.3) is 0 Å². The molecule has 112 valence electrons. The van der Waals surface area contributed by atoms with Crippen LogP contribution in [0.3, 0.4) is 0 Å². The van der Waals surface area contributed by atoms with E-state index in [9.17, 15) is 21.6 Å². The third kappa shape index (κ3) is 4.69. The van der Waals surface area contributed by atoms with Crippen molar-refractivity contribution in [1.29, 1.82) is 0 Å². The Morgan fingerprint density at radius 3 is 2.15 bits per heavy atom. The Labute approximate surface area is 121 Å². The number of halogens is 1. The van der Waals surface area contributed by atoms with E-state index in [0.717, 1.165) is 6.07 Å². The smallest absolute Gasteiger partial charge is 0.273 e. The minimum atomic E-state index is -3.92. The molecule has 0 saturated carbocycles. The summed E-state index contributed by atoms with van der Waals surface area (Å²) in [6.07, 6.45) is 0. The Morgan fingerprint density at radius 2 is 1.75 bits per heavy atom. The maximum atomic E-state index is 11.8. The van der Waals surface area contributed by atoms with Crippen LogP contribution in [-0.2, 0) is 18.9 Å². The summed E-state index contributed by atoms with van der Waals surface area (Å²) in [4.78, 5) is 12.8. The number of nitrogens with zero attached hydrogens (tertiary/aromatic N) is 3. The fraction of sp³-hybridized carbons (Fsp3) is 0.444. The molecule has 1 amide bonds. The summed E-state index contributed by atoms with van der Waals surface area (Å²) in [6, 6.07) is 2.30. The van der Waals surface area contributed by atoms with Gasteiger partial charge in [0, 0.05) is 24.8 Å². The molecule has 0 fully saturated rings. The third-order valence-electron chi connectivity index (χ3n) is 2.18. The van der Waals surface area contributed by atoms with Crippen LogP contribution in [0.4, 0.5) is 0 Å². The average Bonchev–Trinajstić information content (AvgIpc) is 2.35. The van der Waals surface area contributed by atoms with Crippen LogP contribution in [0, 0.1) is 0 Å². The molecule has 0 aliphatic heterocycles. The Hall–Kier alpha value is -1.26. The molecular weight excluding hydrogens is 330 g/mol. The van der Waals surface area contributed by atoms with Crippen LogP contribution >= 0.6 is 10.7 Å². The quantitative estimate of drug-likeness (QED) is 0.664. The number of hydrogen-bond acceptors (Lipinski definition) is 7. The molecule has 1 rings (SSSR count). The fourth-order valence-corrected chi connectivity index (χ4v) is 4.03. The van der Waals surface area contributed by atoms with Crippen molar-refractivity contribution in [3.05, 3.63) is 17.8 Å². The van der Waals surface area contributed by atoms with Gasteiger partial charge in [-0.25, -0.2) is 16.8 Å². The lowest BCUT2D eigenvalue weighted by Gasteiger charge is -2.08. The van der Waals surface area contributed by atoms with Gasteiger partial charge in [0.2, 0.25) is 9.05 Å². The summed E-state index contributed by atoms with van der Waals surface area (Å²) in [5, 5.41) is 6.53. The number of aromatic nitrogens is 2. The Kier molecular flexibility index (Phi) is 5.05. The second-order valence-corrected chi connectivity index (χ2v) is 8.97. The summed E-state index contributed by atoms with van der Waals surface area (Å²) in [7, 11) is 0.145. The van der Waals surface area contributed by atoms with Crippen LogP contribution in [0.2, 0.25) is 0 Å². The van der Waals surface area contributed by atoms with Crippen molar-refractivity contribution in [3.63, 3.8) is 0 Å². The van der Waals surface area contributed by atoms with Crippen molar-refractivity contribution in [2.24, 2.45) is 0 Å². The molecule has 0 aromatic carbocycles. The first-order chi connectivity index (χ1) is 9.03. The van der Waals surface area contributed by atoms with Gasteiger partial charge in [-0.3, -0.25) is 4.79 Å². The van der Waals surface area contributed by atoms with E-state index in [1.54, 1.807) is 0 Å². The highest BCUT2D eigenvalue weighted by atomic mass is 35.7. The zero-order valence-electron chi connectivity index (χ0n) is 10.6. The van der Waals surface area contributed by atoms with Crippen molar-refractivity contribution in [2.45, 2.75) is 5.03 Å². The highest BCUT2D eigenvalue weighted by Gasteiger charge is 2.21. The van der Waals surface area contributed by atoms with Crippen molar-refractivity contribution in [2.75, 3.05) is 25.6 Å². The summed E-state index contributed by atoms with van der Waals surface area (Å²) in [5.41, 5.74) is -0.0149. The molecule has 0 aliphatic carbocycles. The van der Waals surface area contributed by atoms with Gasteiger partial charge in [-0.05, 0) is 12.1 Å². The number of carbonyl (C=O) groups is 1. The van der Waals surface area contributed by atoms with Gasteiger partial charge in [0.05, 0.1) is 11.5 Å². The van der Waals surface area contributed by atoms with E-state index in [4.69, 9.17) is 10.7 Å². The van der Waals surface area contributed by atoms with E-state index >= 15 is 0 Å². The SMILES string of the molecule is CN(C)C(=O)c1ccc(S(=O)(=O)CCS(=O)(=O)Cl)nn1. The van der Waals surface area contributed by atoms with Gasteiger partial charge in [0.15, 0.2) is 20.6 Å². The van der Waals surface area contributed by atoms with Crippen LogP contribution in [0.1, 0.15) is 10.5 Å². The van der Waals surface area contributed by atoms with Gasteiger partial charge in [0.1, 0.15) is 0 Å². The lowest BCUT2D eigenvalue weighted by atomic mass is 10.3. The van der Waals surface area contributed by atoms with Crippen molar-refractivity contribution >= 4 is 35.5 Å². The van der Waals surface area contributed by atoms with E-state index in [0.29, 0.717) is 0 Å². The summed E-state index contributed by atoms with van der Waals surface area (Å²) in [6.45, 7) is 0. The predicted molar refractivity (Wildman–Crippen MR) is 71.7 cm³/mol. The third-order valence-corrected chi connectivity index (χ3v) is 5.19. The second kappa shape index (κ2) is 6.02. The molecule has 0 N–H and O–H groups in total. The van der Waals surface area contributed by atoms with Gasteiger partial charge in [0.25, 0.3) is 5.91 Å². The molecule has 1 aromatic rings. The number of rotatable bonds is 5. The molecule has 1 aromatic heterocycles. The van der Waals surface area contributed by atoms with Crippen molar-refractivity contribution < 1.29 is 21.6 Å². The Balaban J connectivity index is 2.96. The predicted octanol–water partition coefficient (Wildman–Crippen LogP) is -0.479. The molecule has 8 nitrogen and oxygen atoms in total. The van der Waals surface area contributed by atoms with E-state index in [-0.39, 0.29) is 5.69 Å².